The van der Waals surface area contributed by atoms with Crippen LogP contribution < -0.4 is 10.1 Å². The molecular weight excluding hydrogens is 248 g/mol. The quantitative estimate of drug-likeness (QED) is 0.833. The molecule has 0 saturated heterocycles. The summed E-state index contributed by atoms with van der Waals surface area (Å²) in [7, 11) is 1.69. The number of nitrogens with zero attached hydrogens (tertiary/aromatic N) is 1. The van der Waals surface area contributed by atoms with E-state index in [9.17, 15) is 0 Å². The Labute approximate surface area is 121 Å². The number of fused-ring (bicyclic) bond motifs is 1. The normalized spacial score (nSPS) is 11.2. The minimum Gasteiger partial charge on any atom is -0.494 e. The Kier molecular flexibility index (Phi) is 5.36. The van der Waals surface area contributed by atoms with Gasteiger partial charge in [0.25, 0.3) is 0 Å². The Bertz CT molecular complexity index is 550. The smallest absolute Gasteiger partial charge is 0.145 e. The standard InChI is InChI=1S/C17H24N2O/c1-4-13(5-2)11-18-12-15-10-9-14-7-6-8-16(20-3)17(14)19-15/h6-10,13,18H,4-5,11-12H2,1-3H3. The summed E-state index contributed by atoms with van der Waals surface area (Å²) in [6.07, 6.45) is 2.45. The fourth-order valence-corrected chi connectivity index (χ4v) is 2.41. The van der Waals surface area contributed by atoms with Gasteiger partial charge in [0, 0.05) is 11.9 Å². The molecule has 1 heterocycles. The molecule has 3 heteroatoms. The van der Waals surface area contributed by atoms with Gasteiger partial charge in [-0.2, -0.15) is 0 Å². The van der Waals surface area contributed by atoms with Crippen LogP contribution in [0.15, 0.2) is 30.3 Å². The van der Waals surface area contributed by atoms with Crippen molar-refractivity contribution in [3.63, 3.8) is 0 Å². The molecule has 20 heavy (non-hydrogen) atoms. The molecule has 2 aromatic rings. The van der Waals surface area contributed by atoms with Crippen LogP contribution in [0.3, 0.4) is 0 Å². The van der Waals surface area contributed by atoms with Gasteiger partial charge in [-0.25, -0.2) is 4.98 Å². The Morgan fingerprint density at radius 3 is 2.65 bits per heavy atom. The fourth-order valence-electron chi connectivity index (χ4n) is 2.41. The highest BCUT2D eigenvalue weighted by Crippen LogP contribution is 2.23. The number of para-hydroxylation sites is 1. The zero-order chi connectivity index (χ0) is 14.4. The molecule has 1 N–H and O–H groups in total. The average molecular weight is 272 g/mol. The predicted molar refractivity (Wildman–Crippen MR) is 84.1 cm³/mol. The summed E-state index contributed by atoms with van der Waals surface area (Å²) in [6.45, 7) is 6.35. The first-order valence-electron chi connectivity index (χ1n) is 7.41. The van der Waals surface area contributed by atoms with Gasteiger partial charge in [-0.15, -0.1) is 0 Å². The molecule has 0 radical (unpaired) electrons. The first-order chi connectivity index (χ1) is 9.78. The lowest BCUT2D eigenvalue weighted by molar-refractivity contribution is 0.418. The number of hydrogen-bond acceptors (Lipinski definition) is 3. The number of pyridine rings is 1. The van der Waals surface area contributed by atoms with Crippen LogP contribution in [0.2, 0.25) is 0 Å². The van der Waals surface area contributed by atoms with Crippen molar-refractivity contribution in [3.05, 3.63) is 36.0 Å². The molecule has 0 atom stereocenters. The molecule has 0 fully saturated rings. The van der Waals surface area contributed by atoms with E-state index in [1.165, 1.54) is 12.8 Å². The van der Waals surface area contributed by atoms with Crippen LogP contribution in [0.4, 0.5) is 0 Å². The Balaban J connectivity index is 2.07. The second-order valence-corrected chi connectivity index (χ2v) is 5.15. The van der Waals surface area contributed by atoms with Crippen molar-refractivity contribution in [1.29, 1.82) is 0 Å². The molecule has 2 rings (SSSR count). The molecule has 0 saturated carbocycles. The summed E-state index contributed by atoms with van der Waals surface area (Å²) >= 11 is 0. The van der Waals surface area contributed by atoms with Crippen LogP contribution in [0.25, 0.3) is 10.9 Å². The number of ether oxygens (including phenoxy) is 1. The molecule has 0 aliphatic carbocycles. The highest BCUT2D eigenvalue weighted by atomic mass is 16.5. The van der Waals surface area contributed by atoms with Crippen LogP contribution in [0.5, 0.6) is 5.75 Å². The fraction of sp³-hybridized carbons (Fsp3) is 0.471. The lowest BCUT2D eigenvalue weighted by atomic mass is 10.0. The summed E-state index contributed by atoms with van der Waals surface area (Å²) in [6, 6.07) is 10.2. The first-order valence-corrected chi connectivity index (χ1v) is 7.41. The van der Waals surface area contributed by atoms with Crippen LogP contribution in [0.1, 0.15) is 32.4 Å². The maximum absolute atomic E-state index is 5.38. The van der Waals surface area contributed by atoms with E-state index in [4.69, 9.17) is 9.72 Å². The lowest BCUT2D eigenvalue weighted by Gasteiger charge is -2.13. The number of benzene rings is 1. The van der Waals surface area contributed by atoms with Gasteiger partial charge in [-0.1, -0.05) is 44.9 Å². The zero-order valence-electron chi connectivity index (χ0n) is 12.6. The predicted octanol–water partition coefficient (Wildman–Crippen LogP) is 3.77. The van der Waals surface area contributed by atoms with Gasteiger partial charge < -0.3 is 10.1 Å². The molecule has 1 aromatic carbocycles. The molecule has 0 amide bonds. The summed E-state index contributed by atoms with van der Waals surface area (Å²) in [5.41, 5.74) is 2.00. The molecule has 0 bridgehead atoms. The Hall–Kier alpha value is -1.61. The van der Waals surface area contributed by atoms with E-state index in [0.29, 0.717) is 0 Å². The molecule has 108 valence electrons. The van der Waals surface area contributed by atoms with Crippen molar-refractivity contribution in [2.75, 3.05) is 13.7 Å². The maximum atomic E-state index is 5.38. The summed E-state index contributed by atoms with van der Waals surface area (Å²) in [5, 5.41) is 4.62. The number of rotatable bonds is 7. The number of methoxy groups -OCH3 is 1. The molecule has 0 aliphatic rings. The van der Waals surface area contributed by atoms with Gasteiger partial charge in [-0.05, 0) is 24.6 Å². The number of nitrogens with one attached hydrogen (secondary N) is 1. The van der Waals surface area contributed by atoms with E-state index in [1.54, 1.807) is 7.11 Å². The average Bonchev–Trinajstić information content (AvgIpc) is 2.51. The number of hydrogen-bond donors (Lipinski definition) is 1. The van der Waals surface area contributed by atoms with Gasteiger partial charge in [0.05, 0.1) is 12.8 Å². The maximum Gasteiger partial charge on any atom is 0.145 e. The van der Waals surface area contributed by atoms with Crippen LogP contribution >= 0.6 is 0 Å². The molecule has 0 aliphatic heterocycles. The second-order valence-electron chi connectivity index (χ2n) is 5.15. The topological polar surface area (TPSA) is 34.1 Å². The van der Waals surface area contributed by atoms with Gasteiger partial charge in [0.15, 0.2) is 0 Å². The van der Waals surface area contributed by atoms with E-state index in [-0.39, 0.29) is 0 Å². The van der Waals surface area contributed by atoms with E-state index >= 15 is 0 Å². The number of aromatic nitrogens is 1. The monoisotopic (exact) mass is 272 g/mol. The third-order valence-electron chi connectivity index (χ3n) is 3.85. The molecular formula is C17H24N2O. The second kappa shape index (κ2) is 7.25. The largest absolute Gasteiger partial charge is 0.494 e. The molecule has 3 nitrogen and oxygen atoms in total. The van der Waals surface area contributed by atoms with Gasteiger partial charge in [-0.3, -0.25) is 0 Å². The summed E-state index contributed by atoms with van der Waals surface area (Å²) in [4.78, 5) is 4.71. The van der Waals surface area contributed by atoms with Crippen molar-refractivity contribution in [3.8, 4) is 5.75 Å². The summed E-state index contributed by atoms with van der Waals surface area (Å²) in [5.74, 6) is 1.59. The van der Waals surface area contributed by atoms with Gasteiger partial charge in [0.1, 0.15) is 11.3 Å². The van der Waals surface area contributed by atoms with Crippen molar-refractivity contribution < 1.29 is 4.74 Å². The molecule has 0 unspecified atom stereocenters. The Morgan fingerprint density at radius 2 is 1.95 bits per heavy atom. The molecule has 0 spiro atoms. The van der Waals surface area contributed by atoms with Crippen LogP contribution in [-0.4, -0.2) is 18.6 Å². The third-order valence-corrected chi connectivity index (χ3v) is 3.85. The van der Waals surface area contributed by atoms with E-state index in [1.807, 2.05) is 12.1 Å². The minimum absolute atomic E-state index is 0.755. The van der Waals surface area contributed by atoms with Gasteiger partial charge in [0.2, 0.25) is 0 Å². The van der Waals surface area contributed by atoms with E-state index in [0.717, 1.165) is 41.4 Å². The SMILES string of the molecule is CCC(CC)CNCc1ccc2cccc(OC)c2n1. The molecule has 1 aromatic heterocycles. The van der Waals surface area contributed by atoms with Crippen molar-refractivity contribution in [2.24, 2.45) is 5.92 Å². The first kappa shape index (κ1) is 14.8. The van der Waals surface area contributed by atoms with Crippen LogP contribution in [0, 0.1) is 5.92 Å². The third kappa shape index (κ3) is 3.48. The highest BCUT2D eigenvalue weighted by molar-refractivity contribution is 5.84. The van der Waals surface area contributed by atoms with Gasteiger partial charge >= 0.3 is 0 Å². The van der Waals surface area contributed by atoms with Crippen molar-refractivity contribution in [1.82, 2.24) is 10.3 Å². The minimum atomic E-state index is 0.755. The van der Waals surface area contributed by atoms with E-state index in [2.05, 4.69) is 37.4 Å². The van der Waals surface area contributed by atoms with E-state index < -0.39 is 0 Å². The lowest BCUT2D eigenvalue weighted by Crippen LogP contribution is -2.22. The summed E-state index contributed by atoms with van der Waals surface area (Å²) < 4.78 is 5.38. The highest BCUT2D eigenvalue weighted by Gasteiger charge is 2.05. The van der Waals surface area contributed by atoms with Crippen molar-refractivity contribution in [2.45, 2.75) is 33.2 Å². The Morgan fingerprint density at radius 1 is 1.15 bits per heavy atom. The van der Waals surface area contributed by atoms with Crippen molar-refractivity contribution >= 4 is 10.9 Å². The van der Waals surface area contributed by atoms with Crippen LogP contribution in [-0.2, 0) is 6.54 Å². The zero-order valence-corrected chi connectivity index (χ0v) is 12.6.